The van der Waals surface area contributed by atoms with Gasteiger partial charge in [0.05, 0.1) is 0 Å². The number of allylic oxidation sites excluding steroid dienone is 8. The van der Waals surface area contributed by atoms with E-state index in [1.165, 1.54) is 128 Å². The molecule has 0 aromatic heterocycles. The lowest BCUT2D eigenvalue weighted by Gasteiger charge is -2.18. The molecule has 0 heterocycles. The van der Waals surface area contributed by atoms with E-state index in [-0.39, 0.29) is 37.5 Å². The molecule has 0 radical (unpaired) electrons. The van der Waals surface area contributed by atoms with Gasteiger partial charge in [-0.2, -0.15) is 0 Å². The summed E-state index contributed by atoms with van der Waals surface area (Å²) in [5.41, 5.74) is 0. The first kappa shape index (κ1) is 53.4. The normalized spacial score (nSPS) is 12.4. The van der Waals surface area contributed by atoms with Crippen LogP contribution in [-0.2, 0) is 28.6 Å². The van der Waals surface area contributed by atoms with Crippen molar-refractivity contribution in [1.29, 1.82) is 0 Å². The summed E-state index contributed by atoms with van der Waals surface area (Å²) in [5, 5.41) is 0. The molecular formula is C50H88O6. The summed E-state index contributed by atoms with van der Waals surface area (Å²) in [6, 6.07) is 0. The Hall–Kier alpha value is -2.63. The Morgan fingerprint density at radius 3 is 1.09 bits per heavy atom. The second-order valence-electron chi connectivity index (χ2n) is 15.7. The summed E-state index contributed by atoms with van der Waals surface area (Å²) in [6.45, 7) is 6.52. The highest BCUT2D eigenvalue weighted by molar-refractivity contribution is 5.71. The molecule has 0 rings (SSSR count). The van der Waals surface area contributed by atoms with Crippen molar-refractivity contribution < 1.29 is 28.6 Å². The van der Waals surface area contributed by atoms with Crippen LogP contribution in [0.5, 0.6) is 0 Å². The molecule has 0 aromatic carbocycles. The molecule has 0 N–H and O–H groups in total. The van der Waals surface area contributed by atoms with Gasteiger partial charge in [-0.05, 0) is 70.6 Å². The van der Waals surface area contributed by atoms with Crippen molar-refractivity contribution in [2.24, 2.45) is 0 Å². The van der Waals surface area contributed by atoms with Gasteiger partial charge in [0.25, 0.3) is 0 Å². The van der Waals surface area contributed by atoms with Crippen LogP contribution in [0.2, 0.25) is 0 Å². The number of carbonyl (C=O) groups excluding carboxylic acids is 3. The third kappa shape index (κ3) is 42.5. The highest BCUT2D eigenvalue weighted by atomic mass is 16.6. The lowest BCUT2D eigenvalue weighted by atomic mass is 10.0. The van der Waals surface area contributed by atoms with Gasteiger partial charge >= 0.3 is 17.9 Å². The second-order valence-corrected chi connectivity index (χ2v) is 15.7. The predicted octanol–water partition coefficient (Wildman–Crippen LogP) is 15.1. The summed E-state index contributed by atoms with van der Waals surface area (Å²) in [7, 11) is 0. The van der Waals surface area contributed by atoms with Crippen molar-refractivity contribution >= 4 is 17.9 Å². The van der Waals surface area contributed by atoms with Crippen LogP contribution >= 0.6 is 0 Å². The van der Waals surface area contributed by atoms with Crippen LogP contribution in [-0.4, -0.2) is 37.2 Å². The predicted molar refractivity (Wildman–Crippen MR) is 238 cm³/mol. The lowest BCUT2D eigenvalue weighted by Crippen LogP contribution is -2.30. The third-order valence-electron chi connectivity index (χ3n) is 10.1. The Bertz CT molecular complexity index is 996. The standard InChI is InChI=1S/C50H88O6/c1-4-7-10-13-16-19-21-23-24-25-26-27-29-31-34-37-40-43-49(52)55-46-47(45-54-48(51)42-39-36-33-30-18-15-12-9-6-3)56-50(53)44-41-38-35-32-28-22-20-17-14-11-8-5-2/h23-24,26-27,30-31,33-34,47H,4-22,25,28-29,32,35-46H2,1-3H3/b24-23-,27-26-,33-30-,34-31-. The minimum Gasteiger partial charge on any atom is -0.462 e. The van der Waals surface area contributed by atoms with E-state index < -0.39 is 6.10 Å². The summed E-state index contributed by atoms with van der Waals surface area (Å²) in [5.74, 6) is -0.987. The minimum absolute atomic E-state index is 0.102. The number of rotatable bonds is 42. The molecule has 0 spiro atoms. The van der Waals surface area contributed by atoms with E-state index in [0.29, 0.717) is 25.7 Å². The van der Waals surface area contributed by atoms with Crippen molar-refractivity contribution in [3.8, 4) is 0 Å². The van der Waals surface area contributed by atoms with Gasteiger partial charge in [0.15, 0.2) is 6.10 Å². The molecule has 0 aliphatic carbocycles. The molecule has 6 heteroatoms. The molecule has 0 fully saturated rings. The van der Waals surface area contributed by atoms with Crippen molar-refractivity contribution in [3.63, 3.8) is 0 Å². The summed E-state index contributed by atoms with van der Waals surface area (Å²) in [6.07, 6.45) is 52.5. The smallest absolute Gasteiger partial charge is 0.306 e. The molecule has 0 saturated heterocycles. The molecule has 0 bridgehead atoms. The van der Waals surface area contributed by atoms with Gasteiger partial charge in [-0.1, -0.05) is 191 Å². The largest absolute Gasteiger partial charge is 0.462 e. The SMILES string of the molecule is CCCCCC/C=C\CCCC(=O)OCC(COC(=O)CCC/C=C\C/C=C\C/C=C\CCCCCCCC)OC(=O)CCCCCCCCCCCCCC. The van der Waals surface area contributed by atoms with Gasteiger partial charge in [0, 0.05) is 19.3 Å². The molecule has 0 saturated carbocycles. The fourth-order valence-electron chi connectivity index (χ4n) is 6.46. The van der Waals surface area contributed by atoms with Gasteiger partial charge in [-0.3, -0.25) is 14.4 Å². The summed E-state index contributed by atoms with van der Waals surface area (Å²) >= 11 is 0. The highest BCUT2D eigenvalue weighted by Crippen LogP contribution is 2.14. The average molecular weight is 785 g/mol. The molecule has 0 aliphatic rings. The van der Waals surface area contributed by atoms with Crippen LogP contribution in [0.4, 0.5) is 0 Å². The van der Waals surface area contributed by atoms with Gasteiger partial charge in [0.1, 0.15) is 13.2 Å². The first-order chi connectivity index (χ1) is 27.5. The fourth-order valence-corrected chi connectivity index (χ4v) is 6.46. The molecule has 0 aliphatic heterocycles. The molecule has 0 aromatic rings. The van der Waals surface area contributed by atoms with Gasteiger partial charge in [0.2, 0.25) is 0 Å². The van der Waals surface area contributed by atoms with E-state index >= 15 is 0 Å². The lowest BCUT2D eigenvalue weighted by molar-refractivity contribution is -0.167. The van der Waals surface area contributed by atoms with Gasteiger partial charge in [-0.15, -0.1) is 0 Å². The first-order valence-electron chi connectivity index (χ1n) is 23.6. The highest BCUT2D eigenvalue weighted by Gasteiger charge is 2.19. The van der Waals surface area contributed by atoms with Crippen LogP contribution < -0.4 is 0 Å². The topological polar surface area (TPSA) is 78.9 Å². The molecule has 56 heavy (non-hydrogen) atoms. The number of unbranched alkanes of at least 4 members (excludes halogenated alkanes) is 23. The third-order valence-corrected chi connectivity index (χ3v) is 10.1. The summed E-state index contributed by atoms with van der Waals surface area (Å²) < 4.78 is 16.6. The van der Waals surface area contributed by atoms with E-state index in [2.05, 4.69) is 69.4 Å². The van der Waals surface area contributed by atoms with Crippen LogP contribution in [0.1, 0.15) is 233 Å². The first-order valence-corrected chi connectivity index (χ1v) is 23.6. The molecule has 1 atom stereocenters. The van der Waals surface area contributed by atoms with Gasteiger partial charge < -0.3 is 14.2 Å². The molecule has 0 amide bonds. The van der Waals surface area contributed by atoms with Crippen LogP contribution in [0.25, 0.3) is 0 Å². The van der Waals surface area contributed by atoms with Gasteiger partial charge in [-0.25, -0.2) is 0 Å². The van der Waals surface area contributed by atoms with E-state index in [1.807, 2.05) is 0 Å². The summed E-state index contributed by atoms with van der Waals surface area (Å²) in [4.78, 5) is 37.7. The van der Waals surface area contributed by atoms with Crippen molar-refractivity contribution in [2.75, 3.05) is 13.2 Å². The molecule has 6 nitrogen and oxygen atoms in total. The number of ether oxygens (including phenoxy) is 3. The fraction of sp³-hybridized carbons (Fsp3) is 0.780. The van der Waals surface area contributed by atoms with Crippen molar-refractivity contribution in [2.45, 2.75) is 239 Å². The van der Waals surface area contributed by atoms with Crippen LogP contribution in [0.3, 0.4) is 0 Å². The van der Waals surface area contributed by atoms with E-state index in [0.717, 1.165) is 51.4 Å². The van der Waals surface area contributed by atoms with Crippen molar-refractivity contribution in [1.82, 2.24) is 0 Å². The monoisotopic (exact) mass is 785 g/mol. The number of hydrogen-bond donors (Lipinski definition) is 0. The van der Waals surface area contributed by atoms with E-state index in [9.17, 15) is 14.4 Å². The molecule has 324 valence electrons. The maximum absolute atomic E-state index is 12.7. The number of esters is 3. The van der Waals surface area contributed by atoms with E-state index in [4.69, 9.17) is 14.2 Å². The Morgan fingerprint density at radius 1 is 0.357 bits per heavy atom. The minimum atomic E-state index is -0.798. The second kappa shape index (κ2) is 45.1. The molecule has 1 unspecified atom stereocenters. The average Bonchev–Trinajstić information content (AvgIpc) is 3.19. The van der Waals surface area contributed by atoms with E-state index in [1.54, 1.807) is 0 Å². The number of carbonyl (C=O) groups is 3. The maximum atomic E-state index is 12.7. The van der Waals surface area contributed by atoms with Crippen LogP contribution in [0.15, 0.2) is 48.6 Å². The Kier molecular flexibility index (Phi) is 43.0. The maximum Gasteiger partial charge on any atom is 0.306 e. The Labute approximate surface area is 346 Å². The zero-order valence-corrected chi connectivity index (χ0v) is 36.9. The zero-order chi connectivity index (χ0) is 40.8. The number of hydrogen-bond acceptors (Lipinski definition) is 6. The van der Waals surface area contributed by atoms with Crippen LogP contribution in [0, 0.1) is 0 Å². The Balaban J connectivity index is 4.43. The Morgan fingerprint density at radius 2 is 0.661 bits per heavy atom. The quantitative estimate of drug-likeness (QED) is 0.0265. The zero-order valence-electron chi connectivity index (χ0n) is 36.9. The van der Waals surface area contributed by atoms with Crippen molar-refractivity contribution in [3.05, 3.63) is 48.6 Å². The molecular weight excluding hydrogens is 697 g/mol.